The van der Waals surface area contributed by atoms with Crippen molar-refractivity contribution in [1.29, 1.82) is 0 Å². The van der Waals surface area contributed by atoms with E-state index < -0.39 is 11.1 Å². The van der Waals surface area contributed by atoms with Crippen LogP contribution < -0.4 is 18.9 Å². The first kappa shape index (κ1) is 13.9. The van der Waals surface area contributed by atoms with Crippen LogP contribution in [0.4, 0.5) is 0 Å². The van der Waals surface area contributed by atoms with Crippen molar-refractivity contribution < 1.29 is 27.6 Å². The van der Waals surface area contributed by atoms with E-state index in [0.29, 0.717) is 4.90 Å². The van der Waals surface area contributed by atoms with Gasteiger partial charge in [-0.05, 0) is 47.2 Å². The quantitative estimate of drug-likeness (QED) is 0.470. The molecule has 1 aromatic rings. The fraction of sp³-hybridized carbons (Fsp3) is 0.400. The second-order valence-corrected chi connectivity index (χ2v) is 3.87. The molecule has 0 heterocycles. The minimum atomic E-state index is -2.10. The van der Waals surface area contributed by atoms with Gasteiger partial charge in [0.1, 0.15) is 0 Å². The van der Waals surface area contributed by atoms with Crippen LogP contribution in [0.25, 0.3) is 0 Å². The van der Waals surface area contributed by atoms with Gasteiger partial charge >= 0.3 is 18.9 Å². The van der Waals surface area contributed by atoms with Gasteiger partial charge in [0.25, 0.3) is 0 Å². The molecule has 0 N–H and O–H groups in total. The average molecular weight is 204 g/mol. The predicted molar refractivity (Wildman–Crippen MR) is 52.4 cm³/mol. The molecule has 0 radical (unpaired) electrons. The van der Waals surface area contributed by atoms with E-state index in [1.165, 1.54) is 0 Å². The van der Waals surface area contributed by atoms with Crippen LogP contribution in [0.3, 0.4) is 0 Å². The Kier molecular flexibility index (Phi) is 6.39. The molecular weight excluding hydrogens is 191 g/mol. The van der Waals surface area contributed by atoms with E-state index in [-0.39, 0.29) is 18.9 Å². The summed E-state index contributed by atoms with van der Waals surface area (Å²) in [4.78, 5) is 0.399. The number of hydrogen-bond donors (Lipinski definition) is 0. The molecule has 14 heavy (non-hydrogen) atoms. The van der Waals surface area contributed by atoms with E-state index in [1.807, 2.05) is 13.8 Å². The van der Waals surface area contributed by atoms with Gasteiger partial charge in [-0.15, -0.1) is 0 Å². The second kappa shape index (κ2) is 6.42. The minimum Gasteiger partial charge on any atom is -0.768 e. The Morgan fingerprint density at radius 1 is 1.14 bits per heavy atom. The summed E-state index contributed by atoms with van der Waals surface area (Å²) < 4.78 is 21.5. The van der Waals surface area contributed by atoms with E-state index in [2.05, 4.69) is 6.07 Å². The minimum absolute atomic E-state index is 0. The molecule has 0 aliphatic rings. The molecule has 0 saturated carbocycles. The third kappa shape index (κ3) is 3.59. The molecule has 0 spiro atoms. The largest absolute Gasteiger partial charge is 1.00 e. The standard InChI is InChI=1S/C10H14O2S.Li/c1-3-8-5-9(4-2)7-10(6-8)13(11)12;/h5-7H,3-4H2,1-2H3,(H,11,12);/q;+1/p-1. The Bertz CT molecular complexity index is 304. The van der Waals surface area contributed by atoms with E-state index >= 15 is 0 Å². The van der Waals surface area contributed by atoms with Crippen molar-refractivity contribution in [2.75, 3.05) is 0 Å². The van der Waals surface area contributed by atoms with Crippen LogP contribution in [0.1, 0.15) is 25.0 Å². The molecule has 1 aromatic carbocycles. The molecule has 1 atom stereocenters. The predicted octanol–water partition coefficient (Wildman–Crippen LogP) is -0.947. The third-order valence-corrected chi connectivity index (χ3v) is 2.66. The molecule has 2 nitrogen and oxygen atoms in total. The molecule has 0 aliphatic carbocycles. The fourth-order valence-electron chi connectivity index (χ4n) is 1.23. The van der Waals surface area contributed by atoms with E-state index in [1.54, 1.807) is 12.1 Å². The summed E-state index contributed by atoms with van der Waals surface area (Å²) in [6.07, 6.45) is 1.75. The first-order chi connectivity index (χ1) is 6.17. The van der Waals surface area contributed by atoms with Gasteiger partial charge in [0.05, 0.1) is 0 Å². The molecule has 0 aromatic heterocycles. The number of hydrogen-bond acceptors (Lipinski definition) is 2. The van der Waals surface area contributed by atoms with Crippen molar-refractivity contribution in [1.82, 2.24) is 0 Å². The molecule has 0 amide bonds. The first-order valence-corrected chi connectivity index (χ1v) is 5.47. The van der Waals surface area contributed by atoms with Crippen molar-refractivity contribution in [2.45, 2.75) is 31.6 Å². The summed E-state index contributed by atoms with van der Waals surface area (Å²) >= 11 is -2.10. The van der Waals surface area contributed by atoms with Crippen molar-refractivity contribution in [2.24, 2.45) is 0 Å². The maximum atomic E-state index is 10.7. The summed E-state index contributed by atoms with van der Waals surface area (Å²) in [6.45, 7) is 4.04. The van der Waals surface area contributed by atoms with Crippen molar-refractivity contribution in [3.8, 4) is 0 Å². The number of benzene rings is 1. The second-order valence-electron chi connectivity index (χ2n) is 2.93. The summed E-state index contributed by atoms with van der Waals surface area (Å²) in [5, 5.41) is 0. The first-order valence-electron chi connectivity index (χ1n) is 4.39. The van der Waals surface area contributed by atoms with Crippen LogP contribution in [-0.4, -0.2) is 8.76 Å². The Morgan fingerprint density at radius 2 is 1.57 bits per heavy atom. The summed E-state index contributed by atoms with van der Waals surface area (Å²) in [5.41, 5.74) is 2.16. The van der Waals surface area contributed by atoms with Crippen molar-refractivity contribution in [3.05, 3.63) is 29.3 Å². The average Bonchev–Trinajstić information content (AvgIpc) is 2.16. The molecule has 0 bridgehead atoms. The third-order valence-electron chi connectivity index (χ3n) is 2.04. The fourth-order valence-corrected chi connectivity index (χ4v) is 1.73. The molecule has 0 saturated heterocycles. The van der Waals surface area contributed by atoms with Gasteiger partial charge in [0.15, 0.2) is 0 Å². The van der Waals surface area contributed by atoms with E-state index in [4.69, 9.17) is 0 Å². The molecule has 0 aliphatic heterocycles. The van der Waals surface area contributed by atoms with Crippen LogP contribution in [0, 0.1) is 0 Å². The van der Waals surface area contributed by atoms with Gasteiger partial charge in [0, 0.05) is 4.90 Å². The van der Waals surface area contributed by atoms with E-state index in [9.17, 15) is 8.76 Å². The Balaban J connectivity index is 0.00000169. The van der Waals surface area contributed by atoms with Crippen molar-refractivity contribution >= 4 is 11.1 Å². The van der Waals surface area contributed by atoms with Gasteiger partial charge in [0.2, 0.25) is 0 Å². The van der Waals surface area contributed by atoms with Gasteiger partial charge in [-0.2, -0.15) is 0 Å². The molecule has 0 fully saturated rings. The Hall–Kier alpha value is -0.0726. The number of aryl methyl sites for hydroxylation is 2. The molecular formula is C10H13LiO2S. The van der Waals surface area contributed by atoms with Gasteiger partial charge in [-0.1, -0.05) is 19.9 Å². The van der Waals surface area contributed by atoms with Gasteiger partial charge < -0.3 is 4.55 Å². The van der Waals surface area contributed by atoms with Gasteiger partial charge in [-0.25, -0.2) is 0 Å². The SMILES string of the molecule is CCc1cc(CC)cc(S(=O)[O-])c1.[Li+]. The maximum absolute atomic E-state index is 10.7. The van der Waals surface area contributed by atoms with Crippen LogP contribution in [-0.2, 0) is 23.9 Å². The summed E-state index contributed by atoms with van der Waals surface area (Å²) in [5.74, 6) is 0. The monoisotopic (exact) mass is 204 g/mol. The Morgan fingerprint density at radius 3 is 1.86 bits per heavy atom. The maximum Gasteiger partial charge on any atom is 1.00 e. The smallest absolute Gasteiger partial charge is 0.768 e. The Labute approximate surface area is 99.6 Å². The normalized spacial score (nSPS) is 11.9. The molecule has 1 unspecified atom stereocenters. The topological polar surface area (TPSA) is 40.1 Å². The van der Waals surface area contributed by atoms with Crippen LogP contribution in [0.2, 0.25) is 0 Å². The molecule has 72 valence electrons. The summed E-state index contributed by atoms with van der Waals surface area (Å²) in [6, 6.07) is 5.50. The zero-order valence-corrected chi connectivity index (χ0v) is 9.69. The molecule has 4 heteroatoms. The zero-order valence-electron chi connectivity index (χ0n) is 8.87. The molecule has 1 rings (SSSR count). The van der Waals surface area contributed by atoms with Crippen LogP contribution >= 0.6 is 0 Å². The van der Waals surface area contributed by atoms with Crippen LogP contribution in [0.5, 0.6) is 0 Å². The van der Waals surface area contributed by atoms with Crippen LogP contribution in [0.15, 0.2) is 23.1 Å². The number of rotatable bonds is 3. The van der Waals surface area contributed by atoms with Gasteiger partial charge in [-0.3, -0.25) is 4.21 Å². The zero-order chi connectivity index (χ0) is 9.84. The van der Waals surface area contributed by atoms with Crippen molar-refractivity contribution in [3.63, 3.8) is 0 Å². The summed E-state index contributed by atoms with van der Waals surface area (Å²) in [7, 11) is 0. The van der Waals surface area contributed by atoms with E-state index in [0.717, 1.165) is 24.0 Å².